The Balaban J connectivity index is 1.81. The van der Waals surface area contributed by atoms with Crippen molar-refractivity contribution in [3.8, 4) is 0 Å². The van der Waals surface area contributed by atoms with Crippen LogP contribution in [0.25, 0.3) is 0 Å². The average Bonchev–Trinajstić information content (AvgIpc) is 2.44. The summed E-state index contributed by atoms with van der Waals surface area (Å²) in [7, 11) is 0. The van der Waals surface area contributed by atoms with Gasteiger partial charge in [-0.3, -0.25) is 4.79 Å². The number of nitrogens with two attached hydrogens (primary N) is 1. The lowest BCUT2D eigenvalue weighted by Gasteiger charge is -2.08. The van der Waals surface area contributed by atoms with Crippen LogP contribution in [0.2, 0.25) is 5.02 Å². The summed E-state index contributed by atoms with van der Waals surface area (Å²) in [6.07, 6.45) is 2.10. The number of rotatable bonds is 5. The summed E-state index contributed by atoms with van der Waals surface area (Å²) in [5.41, 5.74) is 8.19. The highest BCUT2D eigenvalue weighted by atomic mass is 35.5. The molecule has 4 nitrogen and oxygen atoms in total. The van der Waals surface area contributed by atoms with Gasteiger partial charge >= 0.3 is 0 Å². The molecular formula is C16H18ClN3O. The lowest BCUT2D eigenvalue weighted by Crippen LogP contribution is -2.13. The van der Waals surface area contributed by atoms with Gasteiger partial charge in [-0.25, -0.2) is 4.98 Å². The van der Waals surface area contributed by atoms with E-state index < -0.39 is 0 Å². The van der Waals surface area contributed by atoms with E-state index in [-0.39, 0.29) is 5.91 Å². The minimum atomic E-state index is -0.0152. The number of aromatic nitrogens is 1. The Kier molecular flexibility index (Phi) is 5.17. The Morgan fingerprint density at radius 1 is 1.24 bits per heavy atom. The number of hydrogen-bond donors (Lipinski definition) is 2. The molecule has 0 aliphatic heterocycles. The fourth-order valence-electron chi connectivity index (χ4n) is 2.03. The number of nitrogens with one attached hydrogen (secondary N) is 1. The van der Waals surface area contributed by atoms with Gasteiger partial charge in [-0.05, 0) is 49.6 Å². The van der Waals surface area contributed by atoms with Crippen molar-refractivity contribution >= 4 is 29.0 Å². The third kappa shape index (κ3) is 4.76. The summed E-state index contributed by atoms with van der Waals surface area (Å²) in [4.78, 5) is 16.0. The lowest BCUT2D eigenvalue weighted by atomic mass is 10.1. The summed E-state index contributed by atoms with van der Waals surface area (Å²) >= 11 is 5.83. The molecule has 1 aromatic carbocycles. The highest BCUT2D eigenvalue weighted by Gasteiger charge is 2.06. The number of carbonyl (C=O) groups excluding carboxylic acids is 1. The highest BCUT2D eigenvalue weighted by molar-refractivity contribution is 6.30. The molecule has 0 radical (unpaired) electrons. The molecule has 0 saturated carbocycles. The molecule has 0 unspecified atom stereocenters. The Bertz CT molecular complexity index is 626. The normalized spacial score (nSPS) is 10.4. The van der Waals surface area contributed by atoms with E-state index in [4.69, 9.17) is 17.3 Å². The van der Waals surface area contributed by atoms with Crippen molar-refractivity contribution in [2.45, 2.75) is 26.2 Å². The molecule has 0 spiro atoms. The first-order valence-electron chi connectivity index (χ1n) is 6.82. The van der Waals surface area contributed by atoms with E-state index in [0.29, 0.717) is 17.9 Å². The first-order chi connectivity index (χ1) is 10.0. The van der Waals surface area contributed by atoms with Crippen LogP contribution in [0.5, 0.6) is 0 Å². The Morgan fingerprint density at radius 2 is 1.95 bits per heavy atom. The van der Waals surface area contributed by atoms with Gasteiger partial charge < -0.3 is 11.1 Å². The SMILES string of the molecule is Cc1nc(N)ccc1NC(=O)CCCc1ccc(Cl)cc1. The van der Waals surface area contributed by atoms with Crippen LogP contribution in [-0.2, 0) is 11.2 Å². The number of carbonyl (C=O) groups is 1. The smallest absolute Gasteiger partial charge is 0.224 e. The molecule has 2 aromatic rings. The molecular weight excluding hydrogens is 286 g/mol. The number of aryl methyl sites for hydroxylation is 2. The monoisotopic (exact) mass is 303 g/mol. The van der Waals surface area contributed by atoms with Crippen molar-refractivity contribution in [2.75, 3.05) is 11.1 Å². The van der Waals surface area contributed by atoms with E-state index in [0.717, 1.165) is 23.6 Å². The first-order valence-corrected chi connectivity index (χ1v) is 7.20. The van der Waals surface area contributed by atoms with Crippen LogP contribution in [0.4, 0.5) is 11.5 Å². The van der Waals surface area contributed by atoms with Gasteiger partial charge in [-0.15, -0.1) is 0 Å². The third-order valence-corrected chi connectivity index (χ3v) is 3.42. The quantitative estimate of drug-likeness (QED) is 0.887. The minimum absolute atomic E-state index is 0.0152. The second-order valence-corrected chi connectivity index (χ2v) is 5.33. The minimum Gasteiger partial charge on any atom is -0.384 e. The third-order valence-electron chi connectivity index (χ3n) is 3.16. The number of pyridine rings is 1. The molecule has 0 aliphatic carbocycles. The summed E-state index contributed by atoms with van der Waals surface area (Å²) in [6.45, 7) is 1.82. The molecule has 1 aromatic heterocycles. The van der Waals surface area contributed by atoms with Crippen molar-refractivity contribution in [1.29, 1.82) is 0 Å². The molecule has 110 valence electrons. The van der Waals surface area contributed by atoms with Crippen molar-refractivity contribution < 1.29 is 4.79 Å². The number of benzene rings is 1. The fraction of sp³-hybridized carbons (Fsp3) is 0.250. The van der Waals surface area contributed by atoms with Crippen LogP contribution in [0.15, 0.2) is 36.4 Å². The summed E-state index contributed by atoms with van der Waals surface area (Å²) < 4.78 is 0. The average molecular weight is 304 g/mol. The number of hydrogen-bond acceptors (Lipinski definition) is 3. The van der Waals surface area contributed by atoms with Crippen LogP contribution < -0.4 is 11.1 Å². The number of anilines is 2. The molecule has 2 rings (SSSR count). The van der Waals surface area contributed by atoms with E-state index >= 15 is 0 Å². The molecule has 0 atom stereocenters. The molecule has 1 heterocycles. The van der Waals surface area contributed by atoms with Gasteiger partial charge in [0.15, 0.2) is 0 Å². The van der Waals surface area contributed by atoms with Crippen LogP contribution in [0, 0.1) is 6.92 Å². The van der Waals surface area contributed by atoms with Crippen LogP contribution in [-0.4, -0.2) is 10.9 Å². The maximum atomic E-state index is 11.9. The summed E-state index contributed by atoms with van der Waals surface area (Å²) in [5, 5.41) is 3.58. The first kappa shape index (κ1) is 15.3. The number of nitrogens with zero attached hydrogens (tertiary/aromatic N) is 1. The van der Waals surface area contributed by atoms with Gasteiger partial charge in [0.2, 0.25) is 5.91 Å². The Labute approximate surface area is 129 Å². The molecule has 5 heteroatoms. The zero-order chi connectivity index (χ0) is 15.2. The predicted octanol–water partition coefficient (Wildman–Crippen LogP) is 3.59. The fourth-order valence-corrected chi connectivity index (χ4v) is 2.16. The largest absolute Gasteiger partial charge is 0.384 e. The molecule has 0 aliphatic rings. The van der Waals surface area contributed by atoms with Crippen molar-refractivity contribution in [1.82, 2.24) is 4.98 Å². The van der Waals surface area contributed by atoms with Crippen molar-refractivity contribution in [2.24, 2.45) is 0 Å². The molecule has 1 amide bonds. The van der Waals surface area contributed by atoms with Gasteiger partial charge in [0.05, 0.1) is 11.4 Å². The van der Waals surface area contributed by atoms with E-state index in [1.54, 1.807) is 12.1 Å². The van der Waals surface area contributed by atoms with Crippen LogP contribution in [0.1, 0.15) is 24.1 Å². The molecule has 0 saturated heterocycles. The standard InChI is InChI=1S/C16H18ClN3O/c1-11-14(9-10-15(18)19-11)20-16(21)4-2-3-12-5-7-13(17)8-6-12/h5-10H,2-4H2,1H3,(H2,18,19)(H,20,21). The van der Waals surface area contributed by atoms with Crippen molar-refractivity contribution in [3.05, 3.63) is 52.7 Å². The van der Waals surface area contributed by atoms with Gasteiger partial charge in [-0.1, -0.05) is 23.7 Å². The molecule has 0 bridgehead atoms. The van der Waals surface area contributed by atoms with E-state index in [1.807, 2.05) is 31.2 Å². The van der Waals surface area contributed by atoms with E-state index in [9.17, 15) is 4.79 Å². The Morgan fingerprint density at radius 3 is 2.62 bits per heavy atom. The maximum absolute atomic E-state index is 11.9. The van der Waals surface area contributed by atoms with Crippen LogP contribution in [0.3, 0.4) is 0 Å². The highest BCUT2D eigenvalue weighted by Crippen LogP contribution is 2.15. The predicted molar refractivity (Wildman–Crippen MR) is 86.4 cm³/mol. The van der Waals surface area contributed by atoms with E-state index in [2.05, 4.69) is 10.3 Å². The lowest BCUT2D eigenvalue weighted by molar-refractivity contribution is -0.116. The molecule has 0 fully saturated rings. The maximum Gasteiger partial charge on any atom is 0.224 e. The zero-order valence-electron chi connectivity index (χ0n) is 11.9. The summed E-state index contributed by atoms with van der Waals surface area (Å²) in [6, 6.07) is 11.1. The Hall–Kier alpha value is -2.07. The zero-order valence-corrected chi connectivity index (χ0v) is 12.7. The van der Waals surface area contributed by atoms with Crippen LogP contribution >= 0.6 is 11.6 Å². The second kappa shape index (κ2) is 7.09. The topological polar surface area (TPSA) is 68.0 Å². The number of amides is 1. The van der Waals surface area contributed by atoms with Gasteiger partial charge in [-0.2, -0.15) is 0 Å². The number of nitrogen functional groups attached to an aromatic ring is 1. The van der Waals surface area contributed by atoms with Gasteiger partial charge in [0.25, 0.3) is 0 Å². The van der Waals surface area contributed by atoms with Crippen molar-refractivity contribution in [3.63, 3.8) is 0 Å². The molecule has 21 heavy (non-hydrogen) atoms. The number of halogens is 1. The van der Waals surface area contributed by atoms with Gasteiger partial charge in [0.1, 0.15) is 5.82 Å². The van der Waals surface area contributed by atoms with E-state index in [1.165, 1.54) is 5.56 Å². The van der Waals surface area contributed by atoms with Gasteiger partial charge in [0, 0.05) is 11.4 Å². The molecule has 3 N–H and O–H groups in total. The second-order valence-electron chi connectivity index (χ2n) is 4.90. The summed E-state index contributed by atoms with van der Waals surface area (Å²) in [5.74, 6) is 0.437.